The minimum atomic E-state index is -0.257. The molecule has 0 aliphatic carbocycles. The first-order chi connectivity index (χ1) is 9.83. The second-order valence-corrected chi connectivity index (χ2v) is 6.00. The molecular weight excluding hydrogens is 292 g/mol. The summed E-state index contributed by atoms with van der Waals surface area (Å²) in [7, 11) is 0. The van der Waals surface area contributed by atoms with Gasteiger partial charge in [0.2, 0.25) is 0 Å². The number of carbonyl (C=O) groups is 1. The molecule has 0 unspecified atom stereocenters. The molecule has 0 saturated heterocycles. The fourth-order valence-corrected chi connectivity index (χ4v) is 2.63. The van der Waals surface area contributed by atoms with Gasteiger partial charge in [-0.1, -0.05) is 24.3 Å². The average Bonchev–Trinajstić information content (AvgIpc) is 2.50. The molecule has 0 bridgehead atoms. The monoisotopic (exact) mass is 312 g/mol. The molecule has 0 spiro atoms. The van der Waals surface area contributed by atoms with Gasteiger partial charge in [-0.15, -0.1) is 11.8 Å². The van der Waals surface area contributed by atoms with Crippen molar-refractivity contribution in [3.05, 3.63) is 42.8 Å². The molecule has 0 N–H and O–H groups in total. The maximum absolute atomic E-state index is 10.8. The van der Waals surface area contributed by atoms with Gasteiger partial charge in [-0.3, -0.25) is 4.79 Å². The van der Waals surface area contributed by atoms with Crippen LogP contribution >= 0.6 is 23.5 Å². The summed E-state index contributed by atoms with van der Waals surface area (Å²) in [5.41, 5.74) is 1.22. The lowest BCUT2D eigenvalue weighted by Gasteiger charge is -2.05. The zero-order valence-corrected chi connectivity index (χ0v) is 13.1. The summed E-state index contributed by atoms with van der Waals surface area (Å²) >= 11 is 3.39. The zero-order chi connectivity index (χ0) is 14.5. The van der Waals surface area contributed by atoms with Crippen LogP contribution in [0, 0.1) is 13.0 Å². The Bertz CT molecular complexity index is 357. The van der Waals surface area contributed by atoms with Crippen LogP contribution in [0.5, 0.6) is 0 Å². The molecule has 5 heteroatoms. The van der Waals surface area contributed by atoms with Crippen LogP contribution in [0.1, 0.15) is 12.0 Å². The van der Waals surface area contributed by atoms with Gasteiger partial charge in [-0.05, 0) is 18.6 Å². The average molecular weight is 312 g/mol. The van der Waals surface area contributed by atoms with Crippen molar-refractivity contribution in [2.24, 2.45) is 0 Å². The van der Waals surface area contributed by atoms with Crippen molar-refractivity contribution in [2.75, 3.05) is 30.7 Å². The predicted molar refractivity (Wildman–Crippen MR) is 85.7 cm³/mol. The molecule has 0 aromatic heterocycles. The van der Waals surface area contributed by atoms with E-state index in [0.29, 0.717) is 12.5 Å². The molecule has 1 aromatic carbocycles. The number of hydrogen-bond donors (Lipinski definition) is 0. The van der Waals surface area contributed by atoms with Crippen LogP contribution in [0.2, 0.25) is 0 Å². The molecule has 2 radical (unpaired) electrons. The van der Waals surface area contributed by atoms with Gasteiger partial charge in [0.15, 0.2) is 0 Å². The molecule has 20 heavy (non-hydrogen) atoms. The van der Waals surface area contributed by atoms with E-state index in [1.807, 2.05) is 30.0 Å². The number of ether oxygens (including phenoxy) is 2. The third kappa shape index (κ3) is 9.28. The van der Waals surface area contributed by atoms with Gasteiger partial charge >= 0.3 is 5.97 Å². The van der Waals surface area contributed by atoms with Gasteiger partial charge in [0, 0.05) is 23.7 Å². The summed E-state index contributed by atoms with van der Waals surface area (Å²) in [5.74, 6) is 2.91. The number of esters is 1. The highest BCUT2D eigenvalue weighted by atomic mass is 32.2. The fourth-order valence-electron chi connectivity index (χ4n) is 1.28. The van der Waals surface area contributed by atoms with E-state index in [1.165, 1.54) is 5.56 Å². The summed E-state index contributed by atoms with van der Waals surface area (Å²) in [6.45, 7) is 4.88. The van der Waals surface area contributed by atoms with E-state index in [4.69, 9.17) is 9.47 Å². The summed E-state index contributed by atoms with van der Waals surface area (Å²) in [4.78, 5) is 10.8. The van der Waals surface area contributed by atoms with Gasteiger partial charge in [0.05, 0.1) is 13.2 Å². The van der Waals surface area contributed by atoms with Crippen molar-refractivity contribution in [3.8, 4) is 0 Å². The van der Waals surface area contributed by atoms with Crippen molar-refractivity contribution in [3.63, 3.8) is 0 Å². The van der Waals surface area contributed by atoms with E-state index in [1.54, 1.807) is 11.8 Å². The van der Waals surface area contributed by atoms with Gasteiger partial charge in [-0.25, -0.2) is 0 Å². The largest absolute Gasteiger partial charge is 0.455 e. The summed E-state index contributed by atoms with van der Waals surface area (Å²) in [6.07, 6.45) is 0.188. The van der Waals surface area contributed by atoms with Gasteiger partial charge in [0.25, 0.3) is 0 Å². The van der Waals surface area contributed by atoms with Crippen LogP contribution in [0.4, 0.5) is 0 Å². The first-order valence-electron chi connectivity index (χ1n) is 6.46. The van der Waals surface area contributed by atoms with Crippen molar-refractivity contribution in [2.45, 2.75) is 12.2 Å². The number of benzene rings is 1. The third-order valence-corrected chi connectivity index (χ3v) is 3.99. The molecule has 1 rings (SSSR count). The summed E-state index contributed by atoms with van der Waals surface area (Å²) < 4.78 is 10.4. The van der Waals surface area contributed by atoms with Gasteiger partial charge in [0.1, 0.15) is 5.94 Å². The second-order valence-electron chi connectivity index (χ2n) is 3.85. The SMILES string of the molecule is [CH2]CC(=O)OCSCCOCCSCc1[c]cccc1. The van der Waals surface area contributed by atoms with Crippen LogP contribution < -0.4 is 0 Å². The van der Waals surface area contributed by atoms with Crippen LogP contribution in [-0.4, -0.2) is 36.6 Å². The van der Waals surface area contributed by atoms with Gasteiger partial charge in [-0.2, -0.15) is 11.8 Å². The molecule has 0 fully saturated rings. The predicted octanol–water partition coefficient (Wildman–Crippen LogP) is 3.19. The molecule has 0 aliphatic rings. The second kappa shape index (κ2) is 12.1. The lowest BCUT2D eigenvalue weighted by molar-refractivity contribution is -0.140. The van der Waals surface area contributed by atoms with Crippen LogP contribution in [0.3, 0.4) is 0 Å². The molecule has 0 atom stereocenters. The highest BCUT2D eigenvalue weighted by Gasteiger charge is 1.98. The Labute approximate surface area is 129 Å². The van der Waals surface area contributed by atoms with Crippen molar-refractivity contribution in [1.82, 2.24) is 0 Å². The molecule has 0 amide bonds. The molecule has 1 aromatic rings. The molecule has 0 saturated carbocycles. The Hall–Kier alpha value is -0.650. The highest BCUT2D eigenvalue weighted by molar-refractivity contribution is 7.99. The Morgan fingerprint density at radius 2 is 2.05 bits per heavy atom. The number of rotatable bonds is 11. The maximum Gasteiger partial charge on any atom is 0.306 e. The molecule has 3 nitrogen and oxygen atoms in total. The van der Waals surface area contributed by atoms with Crippen molar-refractivity contribution < 1.29 is 14.3 Å². The van der Waals surface area contributed by atoms with Crippen molar-refractivity contribution in [1.29, 1.82) is 0 Å². The lowest BCUT2D eigenvalue weighted by atomic mass is 10.2. The first kappa shape index (κ1) is 17.4. The quantitative estimate of drug-likeness (QED) is 0.356. The van der Waals surface area contributed by atoms with E-state index in [9.17, 15) is 4.79 Å². The lowest BCUT2D eigenvalue weighted by Crippen LogP contribution is -2.05. The van der Waals surface area contributed by atoms with Crippen LogP contribution in [0.15, 0.2) is 24.3 Å². The fraction of sp³-hybridized carbons (Fsp3) is 0.467. The number of thioether (sulfide) groups is 2. The third-order valence-electron chi connectivity index (χ3n) is 2.28. The van der Waals surface area contributed by atoms with Crippen LogP contribution in [-0.2, 0) is 20.0 Å². The number of hydrogen-bond acceptors (Lipinski definition) is 5. The van der Waals surface area contributed by atoms with Crippen molar-refractivity contribution >= 4 is 29.5 Å². The summed E-state index contributed by atoms with van der Waals surface area (Å²) in [6, 6.07) is 11.2. The molecule has 0 heterocycles. The van der Waals surface area contributed by atoms with E-state index >= 15 is 0 Å². The van der Waals surface area contributed by atoms with E-state index in [0.717, 1.165) is 23.9 Å². The Balaban J connectivity index is 1.82. The maximum atomic E-state index is 10.8. The topological polar surface area (TPSA) is 35.5 Å². The first-order valence-corrected chi connectivity index (χ1v) is 8.77. The van der Waals surface area contributed by atoms with E-state index in [-0.39, 0.29) is 12.4 Å². The normalized spacial score (nSPS) is 10.4. The molecule has 0 aliphatic heterocycles. The van der Waals surface area contributed by atoms with E-state index < -0.39 is 0 Å². The smallest absolute Gasteiger partial charge is 0.306 e. The highest BCUT2D eigenvalue weighted by Crippen LogP contribution is 2.10. The Kier molecular flexibility index (Phi) is 10.5. The zero-order valence-electron chi connectivity index (χ0n) is 11.5. The Morgan fingerprint density at radius 3 is 2.75 bits per heavy atom. The standard InChI is InChI=1S/C15H20O3S2/c1-2-15(16)18-13-20-11-9-17-8-10-19-12-14-6-4-3-5-7-14/h3-6H,1-2,8-13H2. The van der Waals surface area contributed by atoms with E-state index in [2.05, 4.69) is 19.1 Å². The molecular formula is C15H20O3S2. The van der Waals surface area contributed by atoms with Crippen LogP contribution in [0.25, 0.3) is 0 Å². The summed E-state index contributed by atoms with van der Waals surface area (Å²) in [5, 5.41) is 0. The number of carbonyl (C=O) groups excluding carboxylic acids is 1. The Morgan fingerprint density at radius 1 is 1.25 bits per heavy atom. The molecule has 110 valence electrons. The minimum absolute atomic E-state index is 0.188. The minimum Gasteiger partial charge on any atom is -0.455 e. The van der Waals surface area contributed by atoms with Gasteiger partial charge < -0.3 is 9.47 Å².